The van der Waals surface area contributed by atoms with Crippen LogP contribution >= 0.6 is 23.2 Å². The molecule has 0 unspecified atom stereocenters. The molecule has 3 nitrogen and oxygen atoms in total. The molecule has 0 bridgehead atoms. The predicted molar refractivity (Wildman–Crippen MR) is 132 cm³/mol. The number of carboxylic acid groups (broad SMARTS) is 1. The predicted octanol–water partition coefficient (Wildman–Crippen LogP) is 8.76. The van der Waals surface area contributed by atoms with Crippen molar-refractivity contribution in [3.8, 4) is 11.1 Å². The molecule has 0 aliphatic heterocycles. The standard InChI is InChI=1S/C27H26Cl2F3NO2/c1-2-4-24(16-7-9-18(10-8-16)27(30,31)32)33-15-22(20-12-11-19(28)14-23(20)29)21-6-3-5-17(26(21)33)13-25(34)35/h7-12,14-15,17,24H,2-6,13H2,1H3,(H,34,35)/t17-,24-/m1/s1. The van der Waals surface area contributed by atoms with E-state index in [1.54, 1.807) is 12.1 Å². The van der Waals surface area contributed by atoms with Crippen LogP contribution in [0.25, 0.3) is 11.1 Å². The van der Waals surface area contributed by atoms with E-state index in [4.69, 9.17) is 23.2 Å². The maximum atomic E-state index is 13.2. The van der Waals surface area contributed by atoms with Crippen LogP contribution in [0.1, 0.15) is 73.4 Å². The molecular weight excluding hydrogens is 498 g/mol. The maximum absolute atomic E-state index is 13.2. The molecule has 2 atom stereocenters. The van der Waals surface area contributed by atoms with E-state index in [-0.39, 0.29) is 18.4 Å². The highest BCUT2D eigenvalue weighted by atomic mass is 35.5. The molecule has 0 fully saturated rings. The summed E-state index contributed by atoms with van der Waals surface area (Å²) in [6.45, 7) is 2.03. The van der Waals surface area contributed by atoms with E-state index in [0.29, 0.717) is 16.5 Å². The van der Waals surface area contributed by atoms with Crippen molar-refractivity contribution >= 4 is 29.2 Å². The van der Waals surface area contributed by atoms with Crippen LogP contribution in [-0.2, 0) is 17.4 Å². The molecule has 2 aromatic carbocycles. The first-order valence-electron chi connectivity index (χ1n) is 11.7. The summed E-state index contributed by atoms with van der Waals surface area (Å²) in [5.74, 6) is -1.06. The molecule has 35 heavy (non-hydrogen) atoms. The molecule has 8 heteroatoms. The Morgan fingerprint density at radius 2 is 1.86 bits per heavy atom. The second-order valence-corrected chi connectivity index (χ2v) is 9.89. The Kier molecular flexibility index (Phi) is 7.53. The van der Waals surface area contributed by atoms with Crippen molar-refractivity contribution in [3.05, 3.63) is 81.1 Å². The number of carbonyl (C=O) groups is 1. The van der Waals surface area contributed by atoms with Crippen LogP contribution in [0.5, 0.6) is 0 Å². The fourth-order valence-electron chi connectivity index (χ4n) is 5.20. The normalized spacial score (nSPS) is 16.7. The molecule has 1 aliphatic carbocycles. The number of hydrogen-bond donors (Lipinski definition) is 1. The average Bonchev–Trinajstić information content (AvgIpc) is 3.17. The zero-order valence-corrected chi connectivity index (χ0v) is 20.7. The van der Waals surface area contributed by atoms with Crippen molar-refractivity contribution in [2.24, 2.45) is 0 Å². The molecule has 0 amide bonds. The van der Waals surface area contributed by atoms with Gasteiger partial charge in [-0.25, -0.2) is 0 Å². The molecule has 0 saturated heterocycles. The first-order chi connectivity index (χ1) is 16.6. The first-order valence-corrected chi connectivity index (χ1v) is 12.4. The molecular formula is C27H26Cl2F3NO2. The van der Waals surface area contributed by atoms with Gasteiger partial charge < -0.3 is 9.67 Å². The molecule has 3 aromatic rings. The Hall–Kier alpha value is -2.44. The van der Waals surface area contributed by atoms with Crippen LogP contribution in [0, 0.1) is 0 Å². The van der Waals surface area contributed by atoms with Crippen LogP contribution in [0.4, 0.5) is 13.2 Å². The highest BCUT2D eigenvalue weighted by molar-refractivity contribution is 6.36. The Balaban J connectivity index is 1.90. The molecule has 1 aromatic heterocycles. The summed E-state index contributed by atoms with van der Waals surface area (Å²) in [5, 5.41) is 10.6. The van der Waals surface area contributed by atoms with Gasteiger partial charge in [0.15, 0.2) is 0 Å². The van der Waals surface area contributed by atoms with Crippen LogP contribution < -0.4 is 0 Å². The quantitative estimate of drug-likeness (QED) is 0.336. The number of hydrogen-bond acceptors (Lipinski definition) is 1. The van der Waals surface area contributed by atoms with Gasteiger partial charge in [0.05, 0.1) is 18.0 Å². The van der Waals surface area contributed by atoms with E-state index in [1.165, 1.54) is 12.1 Å². The lowest BCUT2D eigenvalue weighted by Crippen LogP contribution is -2.20. The van der Waals surface area contributed by atoms with E-state index in [9.17, 15) is 23.1 Å². The SMILES string of the molecule is CCC[C@H](c1ccc(C(F)(F)F)cc1)n1cc(-c2ccc(Cl)cc2Cl)c2c1[C@@H](CC(=O)O)CCC2. The summed E-state index contributed by atoms with van der Waals surface area (Å²) >= 11 is 12.7. The highest BCUT2D eigenvalue weighted by Gasteiger charge is 2.33. The van der Waals surface area contributed by atoms with Crippen LogP contribution in [0.15, 0.2) is 48.7 Å². The van der Waals surface area contributed by atoms with Gasteiger partial charge in [0, 0.05) is 39.0 Å². The molecule has 4 rings (SSSR count). The topological polar surface area (TPSA) is 42.2 Å². The van der Waals surface area contributed by atoms with E-state index < -0.39 is 17.7 Å². The van der Waals surface area contributed by atoms with Gasteiger partial charge in [-0.15, -0.1) is 0 Å². The summed E-state index contributed by atoms with van der Waals surface area (Å²) in [5.41, 5.74) is 3.79. The summed E-state index contributed by atoms with van der Waals surface area (Å²) in [6.07, 6.45) is 1.46. The third-order valence-electron chi connectivity index (χ3n) is 6.71. The number of alkyl halides is 3. The third kappa shape index (κ3) is 5.39. The minimum Gasteiger partial charge on any atom is -0.481 e. The smallest absolute Gasteiger partial charge is 0.416 e. The number of halogens is 5. The third-order valence-corrected chi connectivity index (χ3v) is 7.26. The zero-order chi connectivity index (χ0) is 25.3. The lowest BCUT2D eigenvalue weighted by Gasteiger charge is -2.29. The second-order valence-electron chi connectivity index (χ2n) is 9.05. The van der Waals surface area contributed by atoms with Gasteiger partial charge in [-0.3, -0.25) is 4.79 Å². The lowest BCUT2D eigenvalue weighted by atomic mass is 9.83. The van der Waals surface area contributed by atoms with Gasteiger partial charge in [0.1, 0.15) is 0 Å². The number of aliphatic carboxylic acids is 1. The molecule has 0 radical (unpaired) electrons. The van der Waals surface area contributed by atoms with Crippen molar-refractivity contribution in [2.75, 3.05) is 0 Å². The van der Waals surface area contributed by atoms with Gasteiger partial charge in [0.25, 0.3) is 0 Å². The number of aromatic nitrogens is 1. The van der Waals surface area contributed by atoms with E-state index in [0.717, 1.165) is 65.8 Å². The van der Waals surface area contributed by atoms with Crippen LogP contribution in [0.3, 0.4) is 0 Å². The summed E-state index contributed by atoms with van der Waals surface area (Å²) in [6, 6.07) is 10.4. The minimum atomic E-state index is -4.41. The van der Waals surface area contributed by atoms with E-state index in [1.807, 2.05) is 19.2 Å². The Bertz CT molecular complexity index is 1220. The largest absolute Gasteiger partial charge is 0.481 e. The Labute approximate surface area is 212 Å². The molecule has 186 valence electrons. The first kappa shape index (κ1) is 25.6. The summed E-state index contributed by atoms with van der Waals surface area (Å²) in [4.78, 5) is 11.7. The average molecular weight is 524 g/mol. The second kappa shape index (κ2) is 10.3. The van der Waals surface area contributed by atoms with Crippen LogP contribution in [0.2, 0.25) is 10.0 Å². The highest BCUT2D eigenvalue weighted by Crippen LogP contribution is 2.45. The van der Waals surface area contributed by atoms with Gasteiger partial charge in [0.2, 0.25) is 0 Å². The molecule has 0 spiro atoms. The molecule has 1 heterocycles. The lowest BCUT2D eigenvalue weighted by molar-refractivity contribution is -0.138. The number of rotatable bonds is 7. The number of fused-ring (bicyclic) bond motifs is 1. The number of carboxylic acids is 1. The fourth-order valence-corrected chi connectivity index (χ4v) is 5.71. The van der Waals surface area contributed by atoms with E-state index >= 15 is 0 Å². The van der Waals surface area contributed by atoms with Crippen molar-refractivity contribution < 1.29 is 23.1 Å². The van der Waals surface area contributed by atoms with Crippen molar-refractivity contribution in [1.29, 1.82) is 0 Å². The van der Waals surface area contributed by atoms with Gasteiger partial charge in [-0.2, -0.15) is 13.2 Å². The van der Waals surface area contributed by atoms with Gasteiger partial charge >= 0.3 is 12.1 Å². The molecule has 0 saturated carbocycles. The Morgan fingerprint density at radius 1 is 1.14 bits per heavy atom. The number of nitrogens with zero attached hydrogens (tertiary/aromatic N) is 1. The van der Waals surface area contributed by atoms with Crippen molar-refractivity contribution in [2.45, 2.75) is 63.6 Å². The molecule has 1 aliphatic rings. The Morgan fingerprint density at radius 3 is 2.46 bits per heavy atom. The minimum absolute atomic E-state index is 0.00331. The van der Waals surface area contributed by atoms with Crippen molar-refractivity contribution in [3.63, 3.8) is 0 Å². The monoisotopic (exact) mass is 523 g/mol. The summed E-state index contributed by atoms with van der Waals surface area (Å²) in [7, 11) is 0. The number of benzene rings is 2. The van der Waals surface area contributed by atoms with Gasteiger partial charge in [-0.1, -0.05) is 54.7 Å². The zero-order valence-electron chi connectivity index (χ0n) is 19.2. The van der Waals surface area contributed by atoms with Crippen molar-refractivity contribution in [1.82, 2.24) is 4.57 Å². The van der Waals surface area contributed by atoms with E-state index in [2.05, 4.69) is 4.57 Å². The maximum Gasteiger partial charge on any atom is 0.416 e. The summed E-state index contributed by atoms with van der Waals surface area (Å²) < 4.78 is 41.6. The van der Waals surface area contributed by atoms with Crippen LogP contribution in [-0.4, -0.2) is 15.6 Å². The fraction of sp³-hybridized carbons (Fsp3) is 0.370. The molecule has 1 N–H and O–H groups in total. The van der Waals surface area contributed by atoms with Gasteiger partial charge in [-0.05, 0) is 61.1 Å².